The van der Waals surface area contributed by atoms with Crippen molar-refractivity contribution in [3.63, 3.8) is 0 Å². The average Bonchev–Trinajstić information content (AvgIpc) is 2.85. The van der Waals surface area contributed by atoms with Gasteiger partial charge >= 0.3 is 12.1 Å². The van der Waals surface area contributed by atoms with Crippen LogP contribution in [0.15, 0.2) is 23.6 Å². The highest BCUT2D eigenvalue weighted by molar-refractivity contribution is 7.11. The predicted octanol–water partition coefficient (Wildman–Crippen LogP) is 4.13. The van der Waals surface area contributed by atoms with E-state index in [0.717, 1.165) is 29.5 Å². The molecule has 9 heteroatoms. The van der Waals surface area contributed by atoms with E-state index < -0.39 is 17.7 Å². The molecule has 0 unspecified atom stereocenters. The molecule has 2 N–H and O–H groups in total. The Bertz CT molecular complexity index is 673. The minimum atomic E-state index is -4.46. The van der Waals surface area contributed by atoms with E-state index in [1.807, 2.05) is 0 Å². The molecule has 0 atom stereocenters. The van der Waals surface area contributed by atoms with Crippen LogP contribution in [0.25, 0.3) is 0 Å². The van der Waals surface area contributed by atoms with Gasteiger partial charge in [-0.3, -0.25) is 0 Å². The van der Waals surface area contributed by atoms with Crippen molar-refractivity contribution in [2.24, 2.45) is 0 Å². The van der Waals surface area contributed by atoms with Crippen molar-refractivity contribution in [1.29, 1.82) is 0 Å². The summed E-state index contributed by atoms with van der Waals surface area (Å²) in [5.74, 6) is -1.15. The molecule has 0 aliphatic rings. The number of nitrogens with one attached hydrogen (secondary N) is 1. The summed E-state index contributed by atoms with van der Waals surface area (Å²) in [4.78, 5) is 14.5. The zero-order valence-corrected chi connectivity index (χ0v) is 11.8. The molecule has 21 heavy (non-hydrogen) atoms. The fraction of sp³-hybridized carbons (Fsp3) is 0.167. The number of hydrogen-bond acceptors (Lipinski definition) is 4. The van der Waals surface area contributed by atoms with Gasteiger partial charge in [0.1, 0.15) is 0 Å². The molecule has 0 aliphatic heterocycles. The summed E-state index contributed by atoms with van der Waals surface area (Å²) in [6.45, 7) is 0.0742. The minimum Gasteiger partial charge on any atom is -0.476 e. The highest BCUT2D eigenvalue weighted by atomic mass is 35.5. The molecule has 0 saturated carbocycles. The molecule has 0 amide bonds. The Morgan fingerprint density at radius 3 is 2.71 bits per heavy atom. The number of aromatic carboxylic acids is 1. The normalized spacial score (nSPS) is 11.4. The number of aromatic nitrogens is 1. The lowest BCUT2D eigenvalue weighted by Crippen LogP contribution is -2.07. The van der Waals surface area contributed by atoms with Gasteiger partial charge in [0.25, 0.3) is 0 Å². The summed E-state index contributed by atoms with van der Waals surface area (Å²) in [7, 11) is 0. The number of nitrogens with zero attached hydrogens (tertiary/aromatic N) is 1. The Balaban J connectivity index is 2.13. The third-order valence-electron chi connectivity index (χ3n) is 2.49. The number of carbonyl (C=O) groups is 1. The standard InChI is InChI=1S/C12H8ClF3N2O2S/c13-8-2-1-6(12(14,15)16)3-9(8)17-4-7-5-21-10(18-7)11(19)20/h1-3,5,17H,4H2,(H,19,20). The van der Waals surface area contributed by atoms with Gasteiger partial charge in [0.15, 0.2) is 0 Å². The highest BCUT2D eigenvalue weighted by Crippen LogP contribution is 2.33. The van der Waals surface area contributed by atoms with E-state index in [1.54, 1.807) is 0 Å². The maximum absolute atomic E-state index is 12.6. The van der Waals surface area contributed by atoms with E-state index >= 15 is 0 Å². The van der Waals surface area contributed by atoms with Crippen LogP contribution in [0.5, 0.6) is 0 Å². The fourth-order valence-corrected chi connectivity index (χ4v) is 2.35. The van der Waals surface area contributed by atoms with Gasteiger partial charge in [-0.2, -0.15) is 13.2 Å². The molecule has 0 spiro atoms. The van der Waals surface area contributed by atoms with Crippen LogP contribution in [0.3, 0.4) is 0 Å². The smallest absolute Gasteiger partial charge is 0.416 e. The average molecular weight is 337 g/mol. The molecule has 4 nitrogen and oxygen atoms in total. The topological polar surface area (TPSA) is 62.2 Å². The van der Waals surface area contributed by atoms with Crippen molar-refractivity contribution >= 4 is 34.6 Å². The maximum Gasteiger partial charge on any atom is 0.416 e. The summed E-state index contributed by atoms with van der Waals surface area (Å²) < 4.78 is 37.8. The van der Waals surface area contributed by atoms with Gasteiger partial charge in [0.05, 0.1) is 28.5 Å². The number of thiazole rings is 1. The second-order valence-electron chi connectivity index (χ2n) is 4.00. The van der Waals surface area contributed by atoms with Gasteiger partial charge in [-0.15, -0.1) is 11.3 Å². The molecule has 0 radical (unpaired) electrons. The Kier molecular flexibility index (Phi) is 4.38. The number of anilines is 1. The fourth-order valence-electron chi connectivity index (χ4n) is 1.51. The van der Waals surface area contributed by atoms with Crippen molar-refractivity contribution in [2.45, 2.75) is 12.7 Å². The SMILES string of the molecule is O=C(O)c1nc(CNc2cc(C(F)(F)F)ccc2Cl)cs1. The molecule has 0 fully saturated rings. The largest absolute Gasteiger partial charge is 0.476 e. The van der Waals surface area contributed by atoms with Gasteiger partial charge in [0, 0.05) is 5.38 Å². The number of halogens is 4. The van der Waals surface area contributed by atoms with E-state index in [2.05, 4.69) is 10.3 Å². The van der Waals surface area contributed by atoms with Crippen molar-refractivity contribution in [1.82, 2.24) is 4.98 Å². The molecule has 1 aromatic carbocycles. The third-order valence-corrected chi connectivity index (χ3v) is 3.70. The summed E-state index contributed by atoms with van der Waals surface area (Å²) in [6.07, 6.45) is -4.46. The van der Waals surface area contributed by atoms with Crippen LogP contribution >= 0.6 is 22.9 Å². The summed E-state index contributed by atoms with van der Waals surface area (Å²) in [5.41, 5.74) is -0.304. The van der Waals surface area contributed by atoms with Crippen LogP contribution in [0.2, 0.25) is 5.02 Å². The van der Waals surface area contributed by atoms with Crippen molar-refractivity contribution in [2.75, 3.05) is 5.32 Å². The molecule has 1 heterocycles. The second kappa shape index (κ2) is 5.90. The van der Waals surface area contributed by atoms with Crippen LogP contribution in [0.1, 0.15) is 21.1 Å². The van der Waals surface area contributed by atoms with Crippen LogP contribution in [0, 0.1) is 0 Å². The first kappa shape index (κ1) is 15.6. The molecule has 112 valence electrons. The molecular formula is C12H8ClF3N2O2S. The molecule has 0 aliphatic carbocycles. The number of carboxylic acid groups (broad SMARTS) is 1. The van der Waals surface area contributed by atoms with E-state index in [0.29, 0.717) is 5.69 Å². The lowest BCUT2D eigenvalue weighted by Gasteiger charge is -2.11. The zero-order chi connectivity index (χ0) is 15.6. The molecule has 0 saturated heterocycles. The molecule has 1 aromatic heterocycles. The van der Waals surface area contributed by atoms with Gasteiger partial charge in [-0.1, -0.05) is 11.6 Å². The quantitative estimate of drug-likeness (QED) is 0.881. The minimum absolute atomic E-state index is 0.0742. The maximum atomic E-state index is 12.6. The first-order chi connectivity index (χ1) is 9.77. The monoisotopic (exact) mass is 336 g/mol. The van der Waals surface area contributed by atoms with E-state index in [4.69, 9.17) is 16.7 Å². The highest BCUT2D eigenvalue weighted by Gasteiger charge is 2.30. The number of benzene rings is 1. The van der Waals surface area contributed by atoms with Crippen LogP contribution < -0.4 is 5.32 Å². The number of hydrogen-bond donors (Lipinski definition) is 2. The van der Waals surface area contributed by atoms with Crippen molar-refractivity contribution in [3.05, 3.63) is 44.9 Å². The van der Waals surface area contributed by atoms with Gasteiger partial charge in [-0.05, 0) is 18.2 Å². The van der Waals surface area contributed by atoms with Crippen LogP contribution in [0.4, 0.5) is 18.9 Å². The Morgan fingerprint density at radius 2 is 2.14 bits per heavy atom. The molecule has 2 rings (SSSR count). The lowest BCUT2D eigenvalue weighted by molar-refractivity contribution is -0.137. The first-order valence-corrected chi connectivity index (χ1v) is 6.81. The summed E-state index contributed by atoms with van der Waals surface area (Å²) in [6, 6.07) is 2.93. The van der Waals surface area contributed by atoms with Crippen molar-refractivity contribution in [3.8, 4) is 0 Å². The second-order valence-corrected chi connectivity index (χ2v) is 5.26. The Labute approximate surface area is 126 Å². The molecular weight excluding hydrogens is 329 g/mol. The van der Waals surface area contributed by atoms with Gasteiger partial charge in [-0.25, -0.2) is 9.78 Å². The zero-order valence-electron chi connectivity index (χ0n) is 10.2. The van der Waals surface area contributed by atoms with Crippen LogP contribution in [-0.2, 0) is 12.7 Å². The van der Waals surface area contributed by atoms with Crippen molar-refractivity contribution < 1.29 is 23.1 Å². The van der Waals surface area contributed by atoms with E-state index in [1.165, 1.54) is 5.38 Å². The molecule has 0 bridgehead atoms. The number of rotatable bonds is 4. The number of alkyl halides is 3. The third kappa shape index (κ3) is 3.85. The first-order valence-electron chi connectivity index (χ1n) is 5.55. The number of carboxylic acids is 1. The molecule has 2 aromatic rings. The van der Waals surface area contributed by atoms with Gasteiger partial charge in [0.2, 0.25) is 5.01 Å². The van der Waals surface area contributed by atoms with E-state index in [9.17, 15) is 18.0 Å². The summed E-state index contributed by atoms with van der Waals surface area (Å²) in [5, 5.41) is 13.0. The Hall–Kier alpha value is -1.80. The van der Waals surface area contributed by atoms with Gasteiger partial charge < -0.3 is 10.4 Å². The summed E-state index contributed by atoms with van der Waals surface area (Å²) >= 11 is 6.77. The lowest BCUT2D eigenvalue weighted by atomic mass is 10.2. The van der Waals surface area contributed by atoms with E-state index in [-0.39, 0.29) is 22.3 Å². The predicted molar refractivity (Wildman–Crippen MR) is 72.9 cm³/mol. The van der Waals surface area contributed by atoms with Crippen LogP contribution in [-0.4, -0.2) is 16.1 Å². The Morgan fingerprint density at radius 1 is 1.43 bits per heavy atom.